The van der Waals surface area contributed by atoms with Gasteiger partial charge in [0, 0.05) is 53.5 Å². The van der Waals surface area contributed by atoms with E-state index in [-0.39, 0.29) is 17.5 Å². The molecule has 1 aliphatic rings. The molecule has 7 heteroatoms. The molecule has 1 amide bonds. The molecule has 5 rings (SSSR count). The van der Waals surface area contributed by atoms with Crippen LogP contribution < -0.4 is 5.56 Å². The predicted octanol–water partition coefficient (Wildman–Crippen LogP) is 5.07. The molecular weight excluding hydrogens is 424 g/mol. The lowest BCUT2D eigenvalue weighted by Gasteiger charge is -2.21. The van der Waals surface area contributed by atoms with Gasteiger partial charge >= 0.3 is 0 Å². The number of aryl methyl sites for hydroxylation is 2. The molecule has 4 aromatic rings. The highest BCUT2D eigenvalue weighted by atomic mass is 35.5. The molecule has 1 N–H and O–H groups in total. The summed E-state index contributed by atoms with van der Waals surface area (Å²) in [6.07, 6.45) is 2.77. The number of aromatic nitrogens is 2. The van der Waals surface area contributed by atoms with Crippen LogP contribution in [0.15, 0.2) is 58.6 Å². The lowest BCUT2D eigenvalue weighted by Crippen LogP contribution is -2.26. The van der Waals surface area contributed by atoms with E-state index < -0.39 is 0 Å². The first kappa shape index (κ1) is 20.5. The number of para-hydroxylation sites is 1. The van der Waals surface area contributed by atoms with Gasteiger partial charge in [-0.05, 0) is 30.7 Å². The first-order valence-corrected chi connectivity index (χ1v) is 11.0. The summed E-state index contributed by atoms with van der Waals surface area (Å²) in [6.45, 7) is 3.75. The van der Waals surface area contributed by atoms with E-state index in [1.165, 1.54) is 5.01 Å². The van der Waals surface area contributed by atoms with Crippen molar-refractivity contribution in [3.63, 3.8) is 0 Å². The number of H-pyrrole nitrogens is 1. The number of fused-ring (bicyclic) bond motifs is 2. The topological polar surface area (TPSA) is 70.5 Å². The molecule has 0 aliphatic carbocycles. The van der Waals surface area contributed by atoms with Gasteiger partial charge < -0.3 is 9.55 Å². The maximum atomic E-state index is 13.0. The van der Waals surface area contributed by atoms with Crippen LogP contribution in [0, 0.1) is 6.92 Å². The largest absolute Gasteiger partial charge is 0.350 e. The zero-order valence-corrected chi connectivity index (χ0v) is 18.9. The average molecular weight is 447 g/mol. The fraction of sp³-hybridized carbons (Fsp3) is 0.240. The van der Waals surface area contributed by atoms with Gasteiger partial charge in [0.15, 0.2) is 0 Å². The molecule has 32 heavy (non-hydrogen) atoms. The molecule has 0 saturated heterocycles. The van der Waals surface area contributed by atoms with Gasteiger partial charge in [0.25, 0.3) is 5.56 Å². The minimum atomic E-state index is -0.327. The van der Waals surface area contributed by atoms with Gasteiger partial charge in [0.1, 0.15) is 0 Å². The smallest absolute Gasteiger partial charge is 0.257 e. The van der Waals surface area contributed by atoms with E-state index in [2.05, 4.69) is 10.1 Å². The van der Waals surface area contributed by atoms with Crippen LogP contribution in [0.5, 0.6) is 0 Å². The van der Waals surface area contributed by atoms with Crippen molar-refractivity contribution < 1.29 is 4.79 Å². The van der Waals surface area contributed by atoms with Crippen molar-refractivity contribution in [1.29, 1.82) is 0 Å². The van der Waals surface area contributed by atoms with Crippen molar-refractivity contribution in [1.82, 2.24) is 14.6 Å². The number of hydrazone groups is 1. The fourth-order valence-corrected chi connectivity index (χ4v) is 5.02. The fourth-order valence-electron chi connectivity index (χ4n) is 4.74. The molecule has 0 bridgehead atoms. The zero-order valence-electron chi connectivity index (χ0n) is 18.1. The summed E-state index contributed by atoms with van der Waals surface area (Å²) >= 11 is 6.58. The Bertz CT molecular complexity index is 1480. The highest BCUT2D eigenvalue weighted by Gasteiger charge is 2.36. The number of halogens is 1. The van der Waals surface area contributed by atoms with Crippen LogP contribution >= 0.6 is 11.6 Å². The summed E-state index contributed by atoms with van der Waals surface area (Å²) in [5, 5.41) is 8.73. The number of amides is 1. The summed E-state index contributed by atoms with van der Waals surface area (Å²) in [4.78, 5) is 28.9. The quantitative estimate of drug-likeness (QED) is 0.477. The molecular formula is C25H23ClN4O2. The molecule has 162 valence electrons. The van der Waals surface area contributed by atoms with Gasteiger partial charge in [0.2, 0.25) is 5.91 Å². The van der Waals surface area contributed by atoms with Crippen LogP contribution in [0.4, 0.5) is 0 Å². The molecule has 1 unspecified atom stereocenters. The van der Waals surface area contributed by atoms with Crippen LogP contribution in [-0.4, -0.2) is 26.2 Å². The normalized spacial score (nSPS) is 16.2. The Kier molecular flexibility index (Phi) is 4.90. The number of hydrogen-bond donors (Lipinski definition) is 1. The summed E-state index contributed by atoms with van der Waals surface area (Å²) in [5.41, 5.74) is 4.53. The third kappa shape index (κ3) is 3.06. The van der Waals surface area contributed by atoms with Gasteiger partial charge in [-0.15, -0.1) is 0 Å². The van der Waals surface area contributed by atoms with Gasteiger partial charge in [0.05, 0.1) is 22.3 Å². The second kappa shape index (κ2) is 7.64. The molecule has 3 heterocycles. The molecule has 2 aromatic carbocycles. The maximum absolute atomic E-state index is 13.0. The van der Waals surface area contributed by atoms with Crippen molar-refractivity contribution in [3.8, 4) is 0 Å². The van der Waals surface area contributed by atoms with Crippen molar-refractivity contribution in [3.05, 3.63) is 80.7 Å². The van der Waals surface area contributed by atoms with E-state index in [0.717, 1.165) is 32.9 Å². The zero-order chi connectivity index (χ0) is 22.6. The Balaban J connectivity index is 1.68. The second-order valence-electron chi connectivity index (χ2n) is 8.19. The van der Waals surface area contributed by atoms with Crippen molar-refractivity contribution in [2.24, 2.45) is 12.1 Å². The summed E-state index contributed by atoms with van der Waals surface area (Å²) < 4.78 is 2.01. The van der Waals surface area contributed by atoms with Crippen LogP contribution in [0.1, 0.15) is 42.5 Å². The highest BCUT2D eigenvalue weighted by Crippen LogP contribution is 2.40. The Morgan fingerprint density at radius 1 is 1.22 bits per heavy atom. The molecule has 2 aromatic heterocycles. The number of carbonyl (C=O) groups excluding carboxylic acids is 1. The summed E-state index contributed by atoms with van der Waals surface area (Å²) in [5.74, 6) is -0.0936. The monoisotopic (exact) mass is 446 g/mol. The van der Waals surface area contributed by atoms with Crippen LogP contribution in [0.25, 0.3) is 21.8 Å². The van der Waals surface area contributed by atoms with Gasteiger partial charge in [-0.25, -0.2) is 5.01 Å². The van der Waals surface area contributed by atoms with E-state index in [1.807, 2.05) is 74.1 Å². The number of nitrogens with one attached hydrogen (secondary N) is 1. The number of nitrogens with zero attached hydrogens (tertiary/aromatic N) is 3. The summed E-state index contributed by atoms with van der Waals surface area (Å²) in [7, 11) is 1.96. The molecule has 0 radical (unpaired) electrons. The standard InChI is InChI=1S/C25H23ClN4O2/c1-4-22(31)30-21(16-13-29(3)20-11-7-9-17(26)24(16)20)12-19(28-30)23-14(2)15-8-5-6-10-18(15)27-25(23)32/h5-11,13,21H,4,12H2,1-3H3,(H,27,32). The van der Waals surface area contributed by atoms with Gasteiger partial charge in [-0.3, -0.25) is 9.59 Å². The van der Waals surface area contributed by atoms with Crippen LogP contribution in [0.2, 0.25) is 5.02 Å². The third-order valence-electron chi connectivity index (χ3n) is 6.29. The molecule has 6 nitrogen and oxygen atoms in total. The number of carbonyl (C=O) groups is 1. The van der Waals surface area contributed by atoms with Gasteiger partial charge in [-0.2, -0.15) is 5.10 Å². The van der Waals surface area contributed by atoms with Crippen molar-refractivity contribution in [2.75, 3.05) is 0 Å². The lowest BCUT2D eigenvalue weighted by atomic mass is 9.95. The number of benzene rings is 2. The summed E-state index contributed by atoms with van der Waals surface area (Å²) in [6, 6.07) is 13.2. The van der Waals surface area contributed by atoms with Crippen molar-refractivity contribution >= 4 is 45.0 Å². The number of aromatic amines is 1. The first-order chi connectivity index (χ1) is 15.4. The Morgan fingerprint density at radius 2 is 2.00 bits per heavy atom. The lowest BCUT2D eigenvalue weighted by molar-refractivity contribution is -0.132. The van der Waals surface area contributed by atoms with Gasteiger partial charge in [-0.1, -0.05) is 42.8 Å². The molecule has 1 atom stereocenters. The second-order valence-corrected chi connectivity index (χ2v) is 8.59. The Hall–Kier alpha value is -3.38. The molecule has 0 saturated carbocycles. The predicted molar refractivity (Wildman–Crippen MR) is 128 cm³/mol. The average Bonchev–Trinajstić information content (AvgIpc) is 3.36. The molecule has 0 spiro atoms. The van der Waals surface area contributed by atoms with Crippen molar-refractivity contribution in [2.45, 2.75) is 32.7 Å². The van der Waals surface area contributed by atoms with E-state index in [4.69, 9.17) is 11.6 Å². The Morgan fingerprint density at radius 3 is 2.78 bits per heavy atom. The van der Waals surface area contributed by atoms with Crippen LogP contribution in [0.3, 0.4) is 0 Å². The van der Waals surface area contributed by atoms with Crippen LogP contribution in [-0.2, 0) is 11.8 Å². The minimum Gasteiger partial charge on any atom is -0.350 e. The van der Waals surface area contributed by atoms with E-state index in [9.17, 15) is 9.59 Å². The van der Waals surface area contributed by atoms with E-state index >= 15 is 0 Å². The maximum Gasteiger partial charge on any atom is 0.257 e. The number of rotatable bonds is 3. The minimum absolute atomic E-state index is 0.0936. The highest BCUT2D eigenvalue weighted by molar-refractivity contribution is 6.35. The molecule has 0 fully saturated rings. The van der Waals surface area contributed by atoms with E-state index in [1.54, 1.807) is 0 Å². The molecule has 1 aliphatic heterocycles. The SMILES string of the molecule is CCC(=O)N1N=C(c2c(C)c3ccccc3[nH]c2=O)CC1c1cn(C)c2cccc(Cl)c12. The Labute approximate surface area is 190 Å². The first-order valence-electron chi connectivity index (χ1n) is 10.7. The van der Waals surface area contributed by atoms with E-state index in [0.29, 0.717) is 29.1 Å². The number of pyridine rings is 1. The third-order valence-corrected chi connectivity index (χ3v) is 6.61. The number of hydrogen-bond acceptors (Lipinski definition) is 3.